The van der Waals surface area contributed by atoms with Crippen LogP contribution in [0.4, 0.5) is 18.0 Å². The number of alkyl halides is 3. The number of hydrogen-bond donors (Lipinski definition) is 0. The second-order valence-corrected chi connectivity index (χ2v) is 12.5. The molecule has 1 aromatic heterocycles. The van der Waals surface area contributed by atoms with Crippen LogP contribution in [0.5, 0.6) is 0 Å². The fourth-order valence-electron chi connectivity index (χ4n) is 7.06. The molecule has 1 unspecified atom stereocenters. The molecule has 6 rings (SSSR count). The van der Waals surface area contributed by atoms with Crippen molar-refractivity contribution in [3.63, 3.8) is 0 Å². The van der Waals surface area contributed by atoms with E-state index in [-0.39, 0.29) is 41.9 Å². The molecule has 1 aromatic carbocycles. The first-order chi connectivity index (χ1) is 20.1. The quantitative estimate of drug-likeness (QED) is 0.413. The number of carbonyl (C=O) groups excluding carboxylic acids is 2. The smallest absolute Gasteiger partial charge is 0.331 e. The van der Waals surface area contributed by atoms with Crippen molar-refractivity contribution in [2.75, 3.05) is 45.8 Å². The summed E-state index contributed by atoms with van der Waals surface area (Å²) < 4.78 is 43.5. The number of rotatable bonds is 5. The van der Waals surface area contributed by atoms with Gasteiger partial charge in [0.1, 0.15) is 0 Å². The van der Waals surface area contributed by atoms with E-state index in [4.69, 9.17) is 5.10 Å². The Kier molecular flexibility index (Phi) is 9.32. The van der Waals surface area contributed by atoms with Gasteiger partial charge in [0.15, 0.2) is 0 Å². The summed E-state index contributed by atoms with van der Waals surface area (Å²) in [6, 6.07) is 5.69. The van der Waals surface area contributed by atoms with Crippen LogP contribution >= 0.6 is 12.4 Å². The minimum absolute atomic E-state index is 0. The molecule has 0 radical (unpaired) electrons. The van der Waals surface area contributed by atoms with Crippen molar-refractivity contribution in [2.45, 2.75) is 82.6 Å². The van der Waals surface area contributed by atoms with Crippen molar-refractivity contribution in [1.82, 2.24) is 29.4 Å². The third-order valence-corrected chi connectivity index (χ3v) is 9.56. The van der Waals surface area contributed by atoms with Gasteiger partial charge in [-0.3, -0.25) is 14.4 Å². The number of carbonyl (C=O) groups is 2. The largest absolute Gasteiger partial charge is 0.416 e. The van der Waals surface area contributed by atoms with E-state index >= 15 is 0 Å². The van der Waals surface area contributed by atoms with Crippen LogP contribution in [0, 0.1) is 0 Å². The van der Waals surface area contributed by atoms with Gasteiger partial charge in [-0.05, 0) is 64.0 Å². The third-order valence-electron chi connectivity index (χ3n) is 9.56. The zero-order valence-corrected chi connectivity index (χ0v) is 25.7. The van der Waals surface area contributed by atoms with E-state index in [0.717, 1.165) is 63.6 Å². The molecule has 4 fully saturated rings. The molecule has 8 nitrogen and oxygen atoms in total. The molecule has 2 aromatic rings. The Bertz CT molecular complexity index is 1300. The number of amides is 3. The predicted molar refractivity (Wildman–Crippen MR) is 159 cm³/mol. The van der Waals surface area contributed by atoms with E-state index in [2.05, 4.69) is 18.7 Å². The van der Waals surface area contributed by atoms with Crippen molar-refractivity contribution < 1.29 is 22.8 Å². The molecule has 43 heavy (non-hydrogen) atoms. The molecular weight excluding hydrogens is 581 g/mol. The Balaban J connectivity index is 0.00000368. The van der Waals surface area contributed by atoms with Crippen LogP contribution in [0.15, 0.2) is 30.5 Å². The molecule has 1 saturated carbocycles. The highest BCUT2D eigenvalue weighted by Crippen LogP contribution is 2.45. The summed E-state index contributed by atoms with van der Waals surface area (Å²) in [5.74, 6) is 0.0164. The lowest BCUT2D eigenvalue weighted by Crippen LogP contribution is -2.55. The van der Waals surface area contributed by atoms with Crippen molar-refractivity contribution in [2.24, 2.45) is 0 Å². The van der Waals surface area contributed by atoms with Crippen LogP contribution < -0.4 is 0 Å². The molecule has 12 heteroatoms. The van der Waals surface area contributed by atoms with Crippen molar-refractivity contribution >= 4 is 24.3 Å². The SMILES string of the molecule is CC(C)N1CCN(C(=O)N2CCC(n3ncc(C(=O)N4CCCC4c4ccccc4C(F)(F)F)c3C3CC3)CC2)CC1.Cl. The monoisotopic (exact) mass is 622 g/mol. The van der Waals surface area contributed by atoms with Crippen molar-refractivity contribution in [3.8, 4) is 0 Å². The van der Waals surface area contributed by atoms with E-state index in [1.54, 1.807) is 17.2 Å². The highest BCUT2D eigenvalue weighted by Gasteiger charge is 2.42. The zero-order chi connectivity index (χ0) is 29.6. The lowest BCUT2D eigenvalue weighted by atomic mass is 9.97. The highest BCUT2D eigenvalue weighted by molar-refractivity contribution is 5.96. The number of hydrogen-bond acceptors (Lipinski definition) is 4. The summed E-state index contributed by atoms with van der Waals surface area (Å²) >= 11 is 0. The standard InChI is InChI=1S/C31H41F3N6O2.ClH/c1-21(2)36-16-18-38(19-17-36)30(42)37-14-11-23(12-15-37)40-28(22-9-10-22)25(20-35-40)29(41)39-13-5-8-27(39)24-6-3-4-7-26(24)31(32,33)34;/h3-4,6-7,20-23,27H,5,8-19H2,1-2H3;1H. The molecule has 3 saturated heterocycles. The van der Waals surface area contributed by atoms with Crippen LogP contribution in [0.25, 0.3) is 0 Å². The summed E-state index contributed by atoms with van der Waals surface area (Å²) in [7, 11) is 0. The maximum Gasteiger partial charge on any atom is 0.416 e. The van der Waals surface area contributed by atoms with E-state index in [0.29, 0.717) is 44.1 Å². The first kappa shape index (κ1) is 31.6. The van der Waals surface area contributed by atoms with E-state index in [1.807, 2.05) is 14.5 Å². The summed E-state index contributed by atoms with van der Waals surface area (Å²) in [6.07, 6.45) is 1.80. The van der Waals surface area contributed by atoms with Gasteiger partial charge in [-0.15, -0.1) is 12.4 Å². The van der Waals surface area contributed by atoms with Gasteiger partial charge in [0.05, 0.1) is 35.1 Å². The number of piperidine rings is 1. The number of likely N-dealkylation sites (tertiary alicyclic amines) is 2. The zero-order valence-electron chi connectivity index (χ0n) is 24.9. The van der Waals surface area contributed by atoms with Gasteiger partial charge in [0.25, 0.3) is 5.91 Å². The topological polar surface area (TPSA) is 64.9 Å². The fourth-order valence-corrected chi connectivity index (χ4v) is 7.06. The van der Waals surface area contributed by atoms with Gasteiger partial charge in [-0.2, -0.15) is 18.3 Å². The molecule has 3 amide bonds. The van der Waals surface area contributed by atoms with Gasteiger partial charge in [0.2, 0.25) is 0 Å². The Labute approximate surface area is 257 Å². The normalized spacial score (nSPS) is 22.3. The Morgan fingerprint density at radius 3 is 2.16 bits per heavy atom. The van der Waals surface area contributed by atoms with Gasteiger partial charge in [0, 0.05) is 57.8 Å². The molecule has 4 heterocycles. The van der Waals surface area contributed by atoms with Crippen LogP contribution in [0.1, 0.15) is 97.6 Å². The summed E-state index contributed by atoms with van der Waals surface area (Å²) in [4.78, 5) is 35.1. The lowest BCUT2D eigenvalue weighted by molar-refractivity contribution is -0.138. The molecule has 236 valence electrons. The van der Waals surface area contributed by atoms with Gasteiger partial charge in [-0.1, -0.05) is 18.2 Å². The molecule has 3 aliphatic heterocycles. The average molecular weight is 623 g/mol. The lowest BCUT2D eigenvalue weighted by Gasteiger charge is -2.41. The Morgan fingerprint density at radius 1 is 0.884 bits per heavy atom. The summed E-state index contributed by atoms with van der Waals surface area (Å²) in [5.41, 5.74) is 0.939. The van der Waals surface area contributed by atoms with Crippen LogP contribution in [0.3, 0.4) is 0 Å². The maximum absolute atomic E-state index is 14.0. The summed E-state index contributed by atoms with van der Waals surface area (Å²) in [6.45, 7) is 9.37. The Morgan fingerprint density at radius 2 is 1.53 bits per heavy atom. The van der Waals surface area contributed by atoms with Gasteiger partial charge >= 0.3 is 12.2 Å². The predicted octanol–water partition coefficient (Wildman–Crippen LogP) is 5.96. The first-order valence-corrected chi connectivity index (χ1v) is 15.5. The third kappa shape index (κ3) is 6.38. The second-order valence-electron chi connectivity index (χ2n) is 12.5. The molecule has 4 aliphatic rings. The van der Waals surface area contributed by atoms with Crippen LogP contribution in [-0.4, -0.2) is 93.2 Å². The molecule has 1 aliphatic carbocycles. The van der Waals surface area contributed by atoms with Crippen molar-refractivity contribution in [3.05, 3.63) is 52.8 Å². The van der Waals surface area contributed by atoms with E-state index in [9.17, 15) is 22.8 Å². The molecule has 0 spiro atoms. The molecular formula is C31H42ClF3N6O2. The van der Waals surface area contributed by atoms with Crippen LogP contribution in [0.2, 0.25) is 0 Å². The second kappa shape index (κ2) is 12.7. The molecule has 0 N–H and O–H groups in total. The minimum Gasteiger partial charge on any atom is -0.331 e. The number of aromatic nitrogens is 2. The van der Waals surface area contributed by atoms with E-state index < -0.39 is 17.8 Å². The molecule has 1 atom stereocenters. The maximum atomic E-state index is 14.0. The number of urea groups is 1. The number of benzene rings is 1. The first-order valence-electron chi connectivity index (χ1n) is 15.5. The highest BCUT2D eigenvalue weighted by atomic mass is 35.5. The average Bonchev–Trinajstić information content (AvgIpc) is 3.53. The van der Waals surface area contributed by atoms with Crippen molar-refractivity contribution in [1.29, 1.82) is 0 Å². The number of nitrogens with zero attached hydrogens (tertiary/aromatic N) is 6. The van der Waals surface area contributed by atoms with Crippen LogP contribution in [-0.2, 0) is 6.18 Å². The van der Waals surface area contributed by atoms with Gasteiger partial charge in [-0.25, -0.2) is 4.79 Å². The fraction of sp³-hybridized carbons (Fsp3) is 0.645. The minimum atomic E-state index is -4.48. The number of halogens is 4. The number of piperazine rings is 1. The van der Waals surface area contributed by atoms with E-state index in [1.165, 1.54) is 12.1 Å². The van der Waals surface area contributed by atoms with Gasteiger partial charge < -0.3 is 14.7 Å². The molecule has 0 bridgehead atoms. The summed E-state index contributed by atoms with van der Waals surface area (Å²) in [5, 5.41) is 4.70. The Hall–Kier alpha value is -2.79.